The average Bonchev–Trinajstić information content (AvgIpc) is 2.60. The predicted octanol–water partition coefficient (Wildman–Crippen LogP) is 0.577. The van der Waals surface area contributed by atoms with Gasteiger partial charge in [0.15, 0.2) is 11.5 Å². The lowest BCUT2D eigenvalue weighted by Crippen LogP contribution is -2.53. The molecule has 2 aliphatic rings. The highest BCUT2D eigenvalue weighted by molar-refractivity contribution is 5.82. The quantitative estimate of drug-likeness (QED) is 0.885. The minimum absolute atomic E-state index is 0.111. The number of carbonyl (C=O) groups is 1. The Morgan fingerprint density at radius 1 is 1.27 bits per heavy atom. The van der Waals surface area contributed by atoms with Crippen LogP contribution in [0.2, 0.25) is 0 Å². The summed E-state index contributed by atoms with van der Waals surface area (Å²) in [5.74, 6) is 1.55. The number of benzene rings is 1. The normalized spacial score (nSPS) is 21.2. The van der Waals surface area contributed by atoms with E-state index in [1.54, 1.807) is 14.2 Å². The summed E-state index contributed by atoms with van der Waals surface area (Å²) in [4.78, 5) is 14.5. The van der Waals surface area contributed by atoms with Gasteiger partial charge in [-0.15, -0.1) is 0 Å². The van der Waals surface area contributed by atoms with E-state index in [0.29, 0.717) is 25.5 Å². The Bertz CT molecular complexity index is 555. The van der Waals surface area contributed by atoms with E-state index in [1.807, 2.05) is 17.0 Å². The van der Waals surface area contributed by atoms with Gasteiger partial charge in [0, 0.05) is 19.6 Å². The van der Waals surface area contributed by atoms with Gasteiger partial charge in [0.25, 0.3) is 0 Å². The zero-order valence-electron chi connectivity index (χ0n) is 13.1. The molecule has 6 nitrogen and oxygen atoms in total. The molecule has 2 aliphatic heterocycles. The van der Waals surface area contributed by atoms with Gasteiger partial charge >= 0.3 is 0 Å². The molecule has 1 atom stereocenters. The van der Waals surface area contributed by atoms with Gasteiger partial charge in [-0.05, 0) is 29.7 Å². The Labute approximate surface area is 130 Å². The summed E-state index contributed by atoms with van der Waals surface area (Å²) in [5.41, 5.74) is 2.34. The first-order chi connectivity index (χ1) is 10.7. The third kappa shape index (κ3) is 2.89. The minimum atomic E-state index is -0.226. The summed E-state index contributed by atoms with van der Waals surface area (Å²) in [6.07, 6.45) is 0.828. The zero-order valence-corrected chi connectivity index (χ0v) is 13.1. The van der Waals surface area contributed by atoms with Crippen molar-refractivity contribution in [3.05, 3.63) is 23.3 Å². The summed E-state index contributed by atoms with van der Waals surface area (Å²) in [6.45, 7) is 3.18. The van der Waals surface area contributed by atoms with Gasteiger partial charge in [-0.2, -0.15) is 0 Å². The number of hydrogen-bond acceptors (Lipinski definition) is 5. The fraction of sp³-hybridized carbons (Fsp3) is 0.562. The Kier molecular flexibility index (Phi) is 4.49. The van der Waals surface area contributed by atoms with Crippen molar-refractivity contribution in [1.29, 1.82) is 0 Å². The first kappa shape index (κ1) is 15.1. The van der Waals surface area contributed by atoms with E-state index in [9.17, 15) is 4.79 Å². The molecule has 0 unspecified atom stereocenters. The second kappa shape index (κ2) is 6.54. The van der Waals surface area contributed by atoms with Crippen molar-refractivity contribution in [2.45, 2.75) is 19.0 Å². The van der Waals surface area contributed by atoms with E-state index in [2.05, 4.69) is 5.32 Å². The molecular formula is C16H22N2O4. The monoisotopic (exact) mass is 306 g/mol. The molecule has 6 heteroatoms. The highest BCUT2D eigenvalue weighted by atomic mass is 16.5. The van der Waals surface area contributed by atoms with E-state index < -0.39 is 0 Å². The molecule has 120 valence electrons. The third-order valence-electron chi connectivity index (χ3n) is 4.25. The van der Waals surface area contributed by atoms with Crippen molar-refractivity contribution in [2.75, 3.05) is 40.5 Å². The van der Waals surface area contributed by atoms with Crippen LogP contribution in [-0.4, -0.2) is 57.4 Å². The van der Waals surface area contributed by atoms with Crippen LogP contribution in [0.15, 0.2) is 12.1 Å². The maximum absolute atomic E-state index is 12.6. The highest BCUT2D eigenvalue weighted by Crippen LogP contribution is 2.33. The number of fused-ring (bicyclic) bond motifs is 1. The van der Waals surface area contributed by atoms with Crippen LogP contribution in [0.4, 0.5) is 0 Å². The van der Waals surface area contributed by atoms with Gasteiger partial charge in [0.2, 0.25) is 5.91 Å². The van der Waals surface area contributed by atoms with Crippen LogP contribution in [-0.2, 0) is 22.5 Å². The van der Waals surface area contributed by atoms with Crippen LogP contribution in [0.25, 0.3) is 0 Å². The average molecular weight is 306 g/mol. The number of rotatable bonds is 3. The lowest BCUT2D eigenvalue weighted by Gasteiger charge is -2.33. The Morgan fingerprint density at radius 3 is 2.64 bits per heavy atom. The SMILES string of the molecule is COc1cc2c(cc1OC)CN(C(=O)[C@H]1COCCN1)CC2. The first-order valence-corrected chi connectivity index (χ1v) is 7.56. The number of ether oxygens (including phenoxy) is 3. The standard InChI is InChI=1S/C16H22N2O4/c1-20-14-7-11-3-5-18(9-12(11)8-15(14)21-2)16(19)13-10-22-6-4-17-13/h7-8,13,17H,3-6,9-10H2,1-2H3/t13-/m1/s1. The zero-order chi connectivity index (χ0) is 15.5. The fourth-order valence-electron chi connectivity index (χ4n) is 3.02. The van der Waals surface area contributed by atoms with Crippen molar-refractivity contribution >= 4 is 5.91 Å². The number of methoxy groups -OCH3 is 2. The van der Waals surface area contributed by atoms with Crippen LogP contribution in [0, 0.1) is 0 Å². The van der Waals surface area contributed by atoms with E-state index in [1.165, 1.54) is 5.56 Å². The lowest BCUT2D eigenvalue weighted by atomic mass is 9.98. The molecule has 3 rings (SSSR count). The van der Waals surface area contributed by atoms with Crippen molar-refractivity contribution in [2.24, 2.45) is 0 Å². The van der Waals surface area contributed by atoms with E-state index in [0.717, 1.165) is 30.8 Å². The fourth-order valence-corrected chi connectivity index (χ4v) is 3.02. The summed E-state index contributed by atoms with van der Waals surface area (Å²) < 4.78 is 16.1. The number of nitrogens with one attached hydrogen (secondary N) is 1. The van der Waals surface area contributed by atoms with Gasteiger partial charge in [0.05, 0.1) is 27.4 Å². The molecular weight excluding hydrogens is 284 g/mol. The second-order valence-corrected chi connectivity index (χ2v) is 5.57. The molecule has 0 saturated carbocycles. The van der Waals surface area contributed by atoms with Crippen molar-refractivity contribution in [3.8, 4) is 11.5 Å². The molecule has 0 radical (unpaired) electrons. The van der Waals surface area contributed by atoms with Crippen LogP contribution in [0.1, 0.15) is 11.1 Å². The van der Waals surface area contributed by atoms with Crippen LogP contribution >= 0.6 is 0 Å². The number of nitrogens with zero attached hydrogens (tertiary/aromatic N) is 1. The van der Waals surface area contributed by atoms with Crippen LogP contribution < -0.4 is 14.8 Å². The lowest BCUT2D eigenvalue weighted by molar-refractivity contribution is -0.137. The Morgan fingerprint density at radius 2 is 2.00 bits per heavy atom. The summed E-state index contributed by atoms with van der Waals surface area (Å²) >= 11 is 0. The molecule has 0 aliphatic carbocycles. The molecule has 1 aromatic carbocycles. The van der Waals surface area contributed by atoms with Crippen LogP contribution in [0.3, 0.4) is 0 Å². The van der Waals surface area contributed by atoms with Gasteiger partial charge in [-0.25, -0.2) is 0 Å². The van der Waals surface area contributed by atoms with Crippen LogP contribution in [0.5, 0.6) is 11.5 Å². The molecule has 0 aromatic heterocycles. The number of morpholine rings is 1. The summed E-state index contributed by atoms with van der Waals surface area (Å²) in [6, 6.07) is 3.76. The molecule has 1 amide bonds. The highest BCUT2D eigenvalue weighted by Gasteiger charge is 2.29. The maximum atomic E-state index is 12.6. The third-order valence-corrected chi connectivity index (χ3v) is 4.25. The summed E-state index contributed by atoms with van der Waals surface area (Å²) in [7, 11) is 3.26. The summed E-state index contributed by atoms with van der Waals surface area (Å²) in [5, 5.41) is 3.22. The van der Waals surface area contributed by atoms with E-state index >= 15 is 0 Å². The molecule has 1 saturated heterocycles. The smallest absolute Gasteiger partial charge is 0.242 e. The molecule has 22 heavy (non-hydrogen) atoms. The van der Waals surface area contributed by atoms with Crippen molar-refractivity contribution < 1.29 is 19.0 Å². The largest absolute Gasteiger partial charge is 0.493 e. The van der Waals surface area contributed by atoms with Crippen molar-refractivity contribution in [3.63, 3.8) is 0 Å². The topological polar surface area (TPSA) is 60.0 Å². The Hall–Kier alpha value is -1.79. The molecule has 0 bridgehead atoms. The molecule has 1 fully saturated rings. The van der Waals surface area contributed by atoms with Crippen molar-refractivity contribution in [1.82, 2.24) is 10.2 Å². The minimum Gasteiger partial charge on any atom is -0.493 e. The van der Waals surface area contributed by atoms with Gasteiger partial charge < -0.3 is 24.4 Å². The molecule has 1 aromatic rings. The second-order valence-electron chi connectivity index (χ2n) is 5.57. The Balaban J connectivity index is 1.76. The maximum Gasteiger partial charge on any atom is 0.242 e. The van der Waals surface area contributed by atoms with Gasteiger partial charge in [0.1, 0.15) is 6.04 Å². The number of amides is 1. The van der Waals surface area contributed by atoms with Gasteiger partial charge in [-0.1, -0.05) is 0 Å². The first-order valence-electron chi connectivity index (χ1n) is 7.56. The predicted molar refractivity (Wildman–Crippen MR) is 81.3 cm³/mol. The van der Waals surface area contributed by atoms with E-state index in [-0.39, 0.29) is 11.9 Å². The number of carbonyl (C=O) groups excluding carboxylic acids is 1. The molecule has 0 spiro atoms. The molecule has 2 heterocycles. The molecule has 1 N–H and O–H groups in total. The van der Waals surface area contributed by atoms with Gasteiger partial charge in [-0.3, -0.25) is 4.79 Å². The number of hydrogen-bond donors (Lipinski definition) is 1. The van der Waals surface area contributed by atoms with E-state index in [4.69, 9.17) is 14.2 Å².